The lowest BCUT2D eigenvalue weighted by atomic mass is 10.0. The summed E-state index contributed by atoms with van der Waals surface area (Å²) in [5.74, 6) is -2.37. The summed E-state index contributed by atoms with van der Waals surface area (Å²) in [5, 5.41) is 15.2. The number of nitrogens with zero attached hydrogens (tertiary/aromatic N) is 3. The van der Waals surface area contributed by atoms with Gasteiger partial charge in [0.05, 0.1) is 0 Å². The number of β-lactam (4-membered cyclic amide) rings is 1. The normalized spacial score (nSPS) is 23.8. The van der Waals surface area contributed by atoms with E-state index < -0.39 is 29.2 Å². The standard InChI is InChI=1S/C14H14BrN5O5S2.ClH/c1-4-3-5(13(23)24)20-11(22)8(12(20)26-4)17-10(21)7(19-25-2)6-9(15)27-14(16)18-6;/h3-4,8,12H,1-2H3,(H2,16,18)(H,17,21)(H,23,24);1H/b19-7-;/t4?,8?,12-;/m1./s1. The zero-order chi connectivity index (χ0) is 19.9. The van der Waals surface area contributed by atoms with Crippen LogP contribution in [0.15, 0.2) is 20.7 Å². The Morgan fingerprint density at radius 1 is 1.50 bits per heavy atom. The summed E-state index contributed by atoms with van der Waals surface area (Å²) in [6.45, 7) is 1.82. The fourth-order valence-corrected chi connectivity index (χ4v) is 5.35. The summed E-state index contributed by atoms with van der Waals surface area (Å²) in [6, 6.07) is -0.884. The highest BCUT2D eigenvalue weighted by molar-refractivity contribution is 9.11. The molecule has 2 amide bonds. The van der Waals surface area contributed by atoms with Crippen LogP contribution in [-0.2, 0) is 19.2 Å². The van der Waals surface area contributed by atoms with Crippen molar-refractivity contribution in [3.05, 3.63) is 21.3 Å². The molecule has 0 aliphatic carbocycles. The molecule has 152 valence electrons. The number of carbonyl (C=O) groups is 3. The van der Waals surface area contributed by atoms with Crippen molar-refractivity contribution in [2.45, 2.75) is 23.6 Å². The van der Waals surface area contributed by atoms with Crippen molar-refractivity contribution in [1.29, 1.82) is 0 Å². The van der Waals surface area contributed by atoms with E-state index >= 15 is 0 Å². The largest absolute Gasteiger partial charge is 0.477 e. The minimum absolute atomic E-state index is 0. The van der Waals surface area contributed by atoms with Gasteiger partial charge < -0.3 is 21.0 Å². The van der Waals surface area contributed by atoms with Gasteiger partial charge in [0.2, 0.25) is 0 Å². The molecular formula is C14H15BrClN5O5S2. The minimum Gasteiger partial charge on any atom is -0.477 e. The van der Waals surface area contributed by atoms with E-state index in [-0.39, 0.29) is 39.9 Å². The first-order valence-electron chi connectivity index (χ1n) is 7.52. The van der Waals surface area contributed by atoms with Crippen LogP contribution in [0.25, 0.3) is 0 Å². The highest BCUT2D eigenvalue weighted by atomic mass is 79.9. The number of rotatable bonds is 5. The molecule has 4 N–H and O–H groups in total. The quantitative estimate of drug-likeness (QED) is 0.301. The molecule has 1 aromatic heterocycles. The van der Waals surface area contributed by atoms with Gasteiger partial charge in [-0.05, 0) is 28.9 Å². The molecule has 0 saturated carbocycles. The number of anilines is 1. The summed E-state index contributed by atoms with van der Waals surface area (Å²) in [5.41, 5.74) is 5.61. The van der Waals surface area contributed by atoms with Crippen LogP contribution in [0.3, 0.4) is 0 Å². The van der Waals surface area contributed by atoms with Crippen LogP contribution in [0, 0.1) is 0 Å². The highest BCUT2D eigenvalue weighted by Gasteiger charge is 2.54. The van der Waals surface area contributed by atoms with Crippen LogP contribution in [-0.4, -0.2) is 62.3 Å². The number of amides is 2. The third-order valence-corrected chi connectivity index (χ3v) is 6.64. The van der Waals surface area contributed by atoms with Crippen molar-refractivity contribution in [1.82, 2.24) is 15.2 Å². The monoisotopic (exact) mass is 511 g/mol. The van der Waals surface area contributed by atoms with Crippen molar-refractivity contribution >= 4 is 80.1 Å². The molecule has 0 aromatic carbocycles. The number of carboxylic acid groups (broad SMARTS) is 1. The summed E-state index contributed by atoms with van der Waals surface area (Å²) >= 11 is 5.75. The predicted octanol–water partition coefficient (Wildman–Crippen LogP) is 1.02. The summed E-state index contributed by atoms with van der Waals surface area (Å²) in [4.78, 5) is 46.4. The van der Waals surface area contributed by atoms with Crippen LogP contribution >= 0.6 is 51.4 Å². The first-order chi connectivity index (χ1) is 12.7. The number of thiazole rings is 1. The molecule has 1 saturated heterocycles. The van der Waals surface area contributed by atoms with Crippen LogP contribution in [0.4, 0.5) is 5.13 Å². The zero-order valence-corrected chi connectivity index (χ0v) is 18.4. The number of oxime groups is 1. The van der Waals surface area contributed by atoms with E-state index in [4.69, 9.17) is 10.6 Å². The molecule has 3 atom stereocenters. The van der Waals surface area contributed by atoms with E-state index in [1.807, 2.05) is 6.92 Å². The number of nitrogens with two attached hydrogens (primary N) is 1. The Labute approximate surface area is 182 Å². The van der Waals surface area contributed by atoms with Gasteiger partial charge in [0.25, 0.3) is 11.8 Å². The predicted molar refractivity (Wildman–Crippen MR) is 110 cm³/mol. The lowest BCUT2D eigenvalue weighted by molar-refractivity contribution is -0.150. The Balaban J connectivity index is 0.00000280. The molecule has 1 fully saturated rings. The molecule has 28 heavy (non-hydrogen) atoms. The summed E-state index contributed by atoms with van der Waals surface area (Å²) in [6.07, 6.45) is 1.51. The van der Waals surface area contributed by atoms with Gasteiger partial charge in [-0.15, -0.1) is 24.2 Å². The van der Waals surface area contributed by atoms with Crippen molar-refractivity contribution < 1.29 is 24.3 Å². The molecule has 10 nitrogen and oxygen atoms in total. The average Bonchev–Trinajstić information content (AvgIpc) is 2.94. The number of carbonyl (C=O) groups excluding carboxylic acids is 2. The summed E-state index contributed by atoms with van der Waals surface area (Å²) < 4.78 is 0.490. The molecule has 14 heteroatoms. The zero-order valence-electron chi connectivity index (χ0n) is 14.4. The molecule has 3 rings (SSSR count). The van der Waals surface area contributed by atoms with Gasteiger partial charge in [0.15, 0.2) is 10.8 Å². The number of carboxylic acids is 1. The van der Waals surface area contributed by atoms with Crippen molar-refractivity contribution in [2.75, 3.05) is 12.8 Å². The van der Waals surface area contributed by atoms with E-state index in [0.717, 1.165) is 11.3 Å². The van der Waals surface area contributed by atoms with E-state index in [1.54, 1.807) is 0 Å². The third-order valence-electron chi connectivity index (χ3n) is 3.78. The highest BCUT2D eigenvalue weighted by Crippen LogP contribution is 2.40. The number of hydrogen-bond acceptors (Lipinski definition) is 9. The van der Waals surface area contributed by atoms with E-state index in [1.165, 1.54) is 29.8 Å². The number of fused-ring (bicyclic) bond motifs is 1. The number of aliphatic carboxylic acids is 1. The fourth-order valence-electron chi connectivity index (χ4n) is 2.68. The van der Waals surface area contributed by atoms with E-state index in [9.17, 15) is 19.5 Å². The van der Waals surface area contributed by atoms with Gasteiger partial charge in [-0.2, -0.15) is 0 Å². The Morgan fingerprint density at radius 3 is 2.71 bits per heavy atom. The van der Waals surface area contributed by atoms with Gasteiger partial charge in [-0.25, -0.2) is 9.78 Å². The smallest absolute Gasteiger partial charge is 0.352 e. The number of thioether (sulfide) groups is 1. The molecule has 0 spiro atoms. The maximum absolute atomic E-state index is 12.7. The Kier molecular flexibility index (Phi) is 6.96. The SMILES string of the molecule is CO/N=C(\C(=O)NC1C(=O)N2C(C(=O)O)=CC(C)S[C@H]12)c1nc(N)sc1Br.Cl. The Hall–Kier alpha value is -1.83. The lowest BCUT2D eigenvalue weighted by Crippen LogP contribution is -2.71. The van der Waals surface area contributed by atoms with Crippen molar-refractivity contribution in [3.63, 3.8) is 0 Å². The van der Waals surface area contributed by atoms with Gasteiger partial charge in [0, 0.05) is 5.25 Å². The molecule has 0 bridgehead atoms. The topological polar surface area (TPSA) is 147 Å². The second-order valence-electron chi connectivity index (χ2n) is 5.55. The number of nitrogens with one attached hydrogen (secondary N) is 1. The molecule has 2 unspecified atom stereocenters. The second-order valence-corrected chi connectivity index (χ2v) is 9.39. The Bertz CT molecular complexity index is 891. The van der Waals surface area contributed by atoms with Crippen LogP contribution in [0.1, 0.15) is 12.6 Å². The molecule has 1 aromatic rings. The van der Waals surface area contributed by atoms with Gasteiger partial charge in [-0.1, -0.05) is 16.5 Å². The maximum Gasteiger partial charge on any atom is 0.352 e. The number of aromatic nitrogens is 1. The van der Waals surface area contributed by atoms with Crippen molar-refractivity contribution in [2.24, 2.45) is 5.16 Å². The van der Waals surface area contributed by atoms with Crippen LogP contribution < -0.4 is 11.1 Å². The summed E-state index contributed by atoms with van der Waals surface area (Å²) in [7, 11) is 1.27. The molecule has 3 heterocycles. The minimum atomic E-state index is -1.19. The van der Waals surface area contributed by atoms with Crippen molar-refractivity contribution in [3.8, 4) is 0 Å². The number of nitrogen functional groups attached to an aromatic ring is 1. The third kappa shape index (κ3) is 3.97. The fraction of sp³-hybridized carbons (Fsp3) is 0.357. The average molecular weight is 513 g/mol. The number of halogens is 2. The van der Waals surface area contributed by atoms with Gasteiger partial charge >= 0.3 is 5.97 Å². The lowest BCUT2D eigenvalue weighted by Gasteiger charge is -2.49. The van der Waals surface area contributed by atoms with Crippen LogP contribution in [0.5, 0.6) is 0 Å². The van der Waals surface area contributed by atoms with E-state index in [0.29, 0.717) is 3.79 Å². The van der Waals surface area contributed by atoms with Gasteiger partial charge in [0.1, 0.15) is 33.7 Å². The van der Waals surface area contributed by atoms with E-state index in [2.05, 4.69) is 31.4 Å². The maximum atomic E-state index is 12.7. The first-order valence-corrected chi connectivity index (χ1v) is 10.1. The van der Waals surface area contributed by atoms with Gasteiger partial charge in [-0.3, -0.25) is 14.5 Å². The molecule has 2 aliphatic rings. The first kappa shape index (κ1) is 22.5. The molecular weight excluding hydrogens is 498 g/mol. The second kappa shape index (κ2) is 8.68. The molecule has 2 aliphatic heterocycles. The van der Waals surface area contributed by atoms with Crippen LogP contribution in [0.2, 0.25) is 0 Å². The molecule has 0 radical (unpaired) electrons. The number of hydrogen-bond donors (Lipinski definition) is 3. The Morgan fingerprint density at radius 2 is 2.18 bits per heavy atom.